The molecule has 5 heteroatoms. The van der Waals surface area contributed by atoms with Crippen LogP contribution in [0, 0.1) is 12.8 Å². The normalized spacial score (nSPS) is 22.0. The molecule has 0 radical (unpaired) electrons. The van der Waals surface area contributed by atoms with Gasteiger partial charge < -0.3 is 0 Å². The standard InChI is InChI=1S/C13H20N2O2S/c1-11-5-6-13(14-9-11)8-12-4-3-7-15(10-12)18(2,16)17/h5-6,9,12H,3-4,7-8,10H2,1-2H3. The third kappa shape index (κ3) is 3.53. The minimum Gasteiger partial charge on any atom is -0.261 e. The molecular formula is C13H20N2O2S. The van der Waals surface area contributed by atoms with Gasteiger partial charge in [-0.2, -0.15) is 0 Å². The largest absolute Gasteiger partial charge is 0.261 e. The van der Waals surface area contributed by atoms with Crippen LogP contribution in [-0.4, -0.2) is 37.1 Å². The van der Waals surface area contributed by atoms with E-state index in [0.29, 0.717) is 19.0 Å². The van der Waals surface area contributed by atoms with Gasteiger partial charge in [-0.05, 0) is 43.7 Å². The Morgan fingerprint density at radius 2 is 2.22 bits per heavy atom. The van der Waals surface area contributed by atoms with Gasteiger partial charge in [0.15, 0.2) is 0 Å². The summed E-state index contributed by atoms with van der Waals surface area (Å²) >= 11 is 0. The van der Waals surface area contributed by atoms with Crippen LogP contribution in [-0.2, 0) is 16.4 Å². The Morgan fingerprint density at radius 3 is 2.83 bits per heavy atom. The number of sulfonamides is 1. The molecule has 0 spiro atoms. The SMILES string of the molecule is Cc1ccc(CC2CCCN(S(C)(=O)=O)C2)nc1. The van der Waals surface area contributed by atoms with E-state index in [4.69, 9.17) is 0 Å². The summed E-state index contributed by atoms with van der Waals surface area (Å²) in [7, 11) is -3.04. The van der Waals surface area contributed by atoms with Gasteiger partial charge in [-0.1, -0.05) is 6.07 Å². The summed E-state index contributed by atoms with van der Waals surface area (Å²) in [4.78, 5) is 4.39. The van der Waals surface area contributed by atoms with Crippen LogP contribution in [0.3, 0.4) is 0 Å². The second-order valence-corrected chi connectivity index (χ2v) is 7.14. The average Bonchev–Trinajstić information content (AvgIpc) is 2.31. The highest BCUT2D eigenvalue weighted by Gasteiger charge is 2.25. The molecule has 1 atom stereocenters. The van der Waals surface area contributed by atoms with E-state index in [0.717, 1.165) is 30.5 Å². The molecule has 0 saturated carbocycles. The van der Waals surface area contributed by atoms with Crippen molar-refractivity contribution >= 4 is 10.0 Å². The number of piperidine rings is 1. The Labute approximate surface area is 109 Å². The molecule has 1 unspecified atom stereocenters. The molecule has 2 rings (SSSR count). The van der Waals surface area contributed by atoms with Gasteiger partial charge in [0, 0.05) is 25.0 Å². The smallest absolute Gasteiger partial charge is 0.211 e. The van der Waals surface area contributed by atoms with Gasteiger partial charge in [0.05, 0.1) is 6.26 Å². The van der Waals surface area contributed by atoms with Crippen molar-refractivity contribution in [1.29, 1.82) is 0 Å². The highest BCUT2D eigenvalue weighted by atomic mass is 32.2. The van der Waals surface area contributed by atoms with Crippen LogP contribution in [0.15, 0.2) is 18.3 Å². The fraction of sp³-hybridized carbons (Fsp3) is 0.615. The third-order valence-corrected chi connectivity index (χ3v) is 4.69. The monoisotopic (exact) mass is 268 g/mol. The Hall–Kier alpha value is -0.940. The maximum Gasteiger partial charge on any atom is 0.211 e. The molecule has 0 aliphatic carbocycles. The topological polar surface area (TPSA) is 50.3 Å². The predicted molar refractivity (Wildman–Crippen MR) is 71.8 cm³/mol. The zero-order valence-electron chi connectivity index (χ0n) is 11.0. The van der Waals surface area contributed by atoms with Crippen molar-refractivity contribution in [2.24, 2.45) is 5.92 Å². The molecule has 1 aromatic heterocycles. The molecule has 4 nitrogen and oxygen atoms in total. The summed E-state index contributed by atoms with van der Waals surface area (Å²) in [6.45, 7) is 3.31. The lowest BCUT2D eigenvalue weighted by atomic mass is 9.94. The Bertz CT molecular complexity index is 496. The van der Waals surface area contributed by atoms with E-state index in [2.05, 4.69) is 11.1 Å². The van der Waals surface area contributed by atoms with Crippen LogP contribution < -0.4 is 0 Å². The summed E-state index contributed by atoms with van der Waals surface area (Å²) in [5.41, 5.74) is 2.21. The third-order valence-electron chi connectivity index (χ3n) is 3.42. The first kappa shape index (κ1) is 13.5. The molecule has 1 fully saturated rings. The van der Waals surface area contributed by atoms with E-state index in [-0.39, 0.29) is 0 Å². The highest BCUT2D eigenvalue weighted by Crippen LogP contribution is 2.21. The maximum atomic E-state index is 11.5. The summed E-state index contributed by atoms with van der Waals surface area (Å²) in [6, 6.07) is 4.09. The molecule has 2 heterocycles. The average molecular weight is 268 g/mol. The first-order valence-corrected chi connectivity index (χ1v) is 8.16. The predicted octanol–water partition coefficient (Wildman–Crippen LogP) is 1.60. The Kier molecular flexibility index (Phi) is 4.02. The number of aryl methyl sites for hydroxylation is 1. The van der Waals surface area contributed by atoms with Crippen molar-refractivity contribution < 1.29 is 8.42 Å². The van der Waals surface area contributed by atoms with Gasteiger partial charge in [0.25, 0.3) is 0 Å². The maximum absolute atomic E-state index is 11.5. The van der Waals surface area contributed by atoms with Gasteiger partial charge >= 0.3 is 0 Å². The van der Waals surface area contributed by atoms with Gasteiger partial charge in [0.1, 0.15) is 0 Å². The number of hydrogen-bond donors (Lipinski definition) is 0. The quantitative estimate of drug-likeness (QED) is 0.836. The summed E-state index contributed by atoms with van der Waals surface area (Å²) < 4.78 is 24.7. The number of pyridine rings is 1. The molecule has 0 amide bonds. The van der Waals surface area contributed by atoms with Crippen LogP contribution in [0.1, 0.15) is 24.1 Å². The van der Waals surface area contributed by atoms with E-state index in [1.807, 2.05) is 19.2 Å². The Balaban J connectivity index is 2.00. The van der Waals surface area contributed by atoms with Crippen molar-refractivity contribution in [3.8, 4) is 0 Å². The minimum atomic E-state index is -3.04. The minimum absolute atomic E-state index is 0.392. The van der Waals surface area contributed by atoms with E-state index < -0.39 is 10.0 Å². The molecule has 1 saturated heterocycles. The van der Waals surface area contributed by atoms with Gasteiger partial charge in [-0.3, -0.25) is 4.98 Å². The number of aromatic nitrogens is 1. The zero-order valence-corrected chi connectivity index (χ0v) is 11.8. The van der Waals surface area contributed by atoms with E-state index in [1.54, 1.807) is 4.31 Å². The van der Waals surface area contributed by atoms with Crippen molar-refractivity contribution in [3.05, 3.63) is 29.6 Å². The van der Waals surface area contributed by atoms with Crippen LogP contribution >= 0.6 is 0 Å². The number of rotatable bonds is 3. The molecule has 0 bridgehead atoms. The number of hydrogen-bond acceptors (Lipinski definition) is 3. The van der Waals surface area contributed by atoms with Gasteiger partial charge in [-0.15, -0.1) is 0 Å². The van der Waals surface area contributed by atoms with E-state index in [1.165, 1.54) is 6.26 Å². The molecular weight excluding hydrogens is 248 g/mol. The van der Waals surface area contributed by atoms with Gasteiger partial charge in [-0.25, -0.2) is 12.7 Å². The summed E-state index contributed by atoms with van der Waals surface area (Å²) in [6.07, 6.45) is 6.06. The van der Waals surface area contributed by atoms with Crippen LogP contribution in [0.5, 0.6) is 0 Å². The second-order valence-electron chi connectivity index (χ2n) is 5.16. The number of nitrogens with zero attached hydrogens (tertiary/aromatic N) is 2. The fourth-order valence-corrected chi connectivity index (χ4v) is 3.35. The first-order chi connectivity index (χ1) is 8.45. The molecule has 0 N–H and O–H groups in total. The highest BCUT2D eigenvalue weighted by molar-refractivity contribution is 7.88. The van der Waals surface area contributed by atoms with E-state index >= 15 is 0 Å². The summed E-state index contributed by atoms with van der Waals surface area (Å²) in [5, 5.41) is 0. The summed E-state index contributed by atoms with van der Waals surface area (Å²) in [5.74, 6) is 0.392. The Morgan fingerprint density at radius 1 is 1.44 bits per heavy atom. The second kappa shape index (κ2) is 5.36. The first-order valence-electron chi connectivity index (χ1n) is 6.32. The van der Waals surface area contributed by atoms with E-state index in [9.17, 15) is 8.42 Å². The lowest BCUT2D eigenvalue weighted by Crippen LogP contribution is -2.39. The molecule has 1 aliphatic rings. The van der Waals surface area contributed by atoms with Crippen LogP contribution in [0.4, 0.5) is 0 Å². The van der Waals surface area contributed by atoms with Crippen molar-refractivity contribution in [2.45, 2.75) is 26.2 Å². The van der Waals surface area contributed by atoms with Gasteiger partial charge in [0.2, 0.25) is 10.0 Å². The molecule has 100 valence electrons. The molecule has 1 aromatic rings. The fourth-order valence-electron chi connectivity index (χ4n) is 2.41. The molecule has 18 heavy (non-hydrogen) atoms. The lowest BCUT2D eigenvalue weighted by Gasteiger charge is -2.30. The molecule has 1 aliphatic heterocycles. The zero-order chi connectivity index (χ0) is 13.2. The van der Waals surface area contributed by atoms with Crippen LogP contribution in [0.2, 0.25) is 0 Å². The van der Waals surface area contributed by atoms with Crippen molar-refractivity contribution in [3.63, 3.8) is 0 Å². The van der Waals surface area contributed by atoms with Crippen molar-refractivity contribution in [2.75, 3.05) is 19.3 Å². The van der Waals surface area contributed by atoms with Crippen LogP contribution in [0.25, 0.3) is 0 Å². The molecule has 0 aromatic carbocycles. The lowest BCUT2D eigenvalue weighted by molar-refractivity contribution is 0.265. The van der Waals surface area contributed by atoms with Crippen molar-refractivity contribution in [1.82, 2.24) is 9.29 Å².